The minimum absolute atomic E-state index is 0.298. The maximum absolute atomic E-state index is 12.3. The molecule has 0 bridgehead atoms. The number of nitrogens with zero attached hydrogens (tertiary/aromatic N) is 4. The molecule has 1 aromatic carbocycles. The van der Waals surface area contributed by atoms with E-state index in [9.17, 15) is 9.59 Å². The number of benzene rings is 1. The van der Waals surface area contributed by atoms with Crippen LogP contribution in [0.5, 0.6) is 0 Å². The normalized spacial score (nSPS) is 11.3. The molecule has 7 heteroatoms. The molecule has 0 spiro atoms. The molecule has 0 saturated carbocycles. The standard InChI is InChI=1S/C18H23N5O2/c1-21-16-15(17(24)22(2)18(21)25)23(13-20-16)12-6-10-19-11-9-14-7-4-3-5-8-14/h3-5,7-8,13,19H,6,9-12H2,1-2H3. The van der Waals surface area contributed by atoms with Gasteiger partial charge in [0.15, 0.2) is 11.2 Å². The monoisotopic (exact) mass is 341 g/mol. The second-order valence-electron chi connectivity index (χ2n) is 6.16. The zero-order valence-electron chi connectivity index (χ0n) is 14.6. The van der Waals surface area contributed by atoms with Gasteiger partial charge in [-0.2, -0.15) is 0 Å². The van der Waals surface area contributed by atoms with Crippen LogP contribution in [0, 0.1) is 0 Å². The van der Waals surface area contributed by atoms with E-state index in [0.29, 0.717) is 17.7 Å². The Hall–Kier alpha value is -2.67. The highest BCUT2D eigenvalue weighted by atomic mass is 16.2. The van der Waals surface area contributed by atoms with E-state index in [-0.39, 0.29) is 11.2 Å². The smallest absolute Gasteiger partial charge is 0.325 e. The van der Waals surface area contributed by atoms with Crippen LogP contribution < -0.4 is 16.6 Å². The van der Waals surface area contributed by atoms with Gasteiger partial charge in [0.2, 0.25) is 0 Å². The van der Waals surface area contributed by atoms with Crippen molar-refractivity contribution < 1.29 is 0 Å². The van der Waals surface area contributed by atoms with Crippen LogP contribution in [-0.4, -0.2) is 31.8 Å². The van der Waals surface area contributed by atoms with Crippen molar-refractivity contribution in [2.45, 2.75) is 19.4 Å². The molecule has 1 N–H and O–H groups in total. The Morgan fingerprint density at radius 3 is 2.56 bits per heavy atom. The summed E-state index contributed by atoms with van der Waals surface area (Å²) >= 11 is 0. The summed E-state index contributed by atoms with van der Waals surface area (Å²) < 4.78 is 4.36. The molecule has 0 radical (unpaired) electrons. The van der Waals surface area contributed by atoms with Gasteiger partial charge in [-0.05, 0) is 31.5 Å². The van der Waals surface area contributed by atoms with Crippen LogP contribution in [0.3, 0.4) is 0 Å². The number of imidazole rings is 1. The Bertz CT molecular complexity index is 969. The Morgan fingerprint density at radius 1 is 1.04 bits per heavy atom. The fourth-order valence-electron chi connectivity index (χ4n) is 2.94. The van der Waals surface area contributed by atoms with Crippen molar-refractivity contribution in [2.75, 3.05) is 13.1 Å². The predicted molar refractivity (Wildman–Crippen MR) is 97.8 cm³/mol. The lowest BCUT2D eigenvalue weighted by molar-refractivity contribution is 0.587. The predicted octanol–water partition coefficient (Wildman–Crippen LogP) is 0.656. The van der Waals surface area contributed by atoms with Crippen LogP contribution in [0.2, 0.25) is 0 Å². The quantitative estimate of drug-likeness (QED) is 0.641. The van der Waals surface area contributed by atoms with Crippen LogP contribution in [0.1, 0.15) is 12.0 Å². The van der Waals surface area contributed by atoms with Gasteiger partial charge >= 0.3 is 5.69 Å². The maximum atomic E-state index is 12.3. The zero-order valence-corrected chi connectivity index (χ0v) is 14.6. The van der Waals surface area contributed by atoms with Crippen molar-refractivity contribution in [3.63, 3.8) is 0 Å². The summed E-state index contributed by atoms with van der Waals surface area (Å²) in [6.07, 6.45) is 3.51. The van der Waals surface area contributed by atoms with Gasteiger partial charge in [0.25, 0.3) is 5.56 Å². The number of nitrogens with one attached hydrogen (secondary N) is 1. The molecule has 2 heterocycles. The molecule has 132 valence electrons. The highest BCUT2D eigenvalue weighted by molar-refractivity contribution is 5.69. The molecule has 0 unspecified atom stereocenters. The lowest BCUT2D eigenvalue weighted by Gasteiger charge is -2.08. The van der Waals surface area contributed by atoms with E-state index in [4.69, 9.17) is 0 Å². The van der Waals surface area contributed by atoms with Gasteiger partial charge < -0.3 is 9.88 Å². The van der Waals surface area contributed by atoms with Crippen molar-refractivity contribution in [1.29, 1.82) is 0 Å². The van der Waals surface area contributed by atoms with Gasteiger partial charge in [-0.25, -0.2) is 9.78 Å². The molecule has 2 aromatic heterocycles. The zero-order chi connectivity index (χ0) is 17.8. The molecular weight excluding hydrogens is 318 g/mol. The van der Waals surface area contributed by atoms with Crippen LogP contribution in [0.25, 0.3) is 11.2 Å². The molecule has 0 saturated heterocycles. The van der Waals surface area contributed by atoms with E-state index >= 15 is 0 Å². The van der Waals surface area contributed by atoms with Crippen LogP contribution >= 0.6 is 0 Å². The minimum Gasteiger partial charge on any atom is -0.325 e. The van der Waals surface area contributed by atoms with Crippen molar-refractivity contribution in [2.24, 2.45) is 14.1 Å². The van der Waals surface area contributed by atoms with Gasteiger partial charge in [-0.1, -0.05) is 30.3 Å². The molecule has 7 nitrogen and oxygen atoms in total. The summed E-state index contributed by atoms with van der Waals surface area (Å²) in [5.74, 6) is 0. The Balaban J connectivity index is 1.57. The highest BCUT2D eigenvalue weighted by Crippen LogP contribution is 2.06. The van der Waals surface area contributed by atoms with Crippen molar-refractivity contribution in [3.8, 4) is 0 Å². The van der Waals surface area contributed by atoms with Crippen LogP contribution in [-0.2, 0) is 27.1 Å². The summed E-state index contributed by atoms with van der Waals surface area (Å²) in [4.78, 5) is 28.5. The molecule has 0 aliphatic rings. The lowest BCUT2D eigenvalue weighted by Crippen LogP contribution is -2.37. The van der Waals surface area contributed by atoms with E-state index in [2.05, 4.69) is 22.4 Å². The Kier molecular flexibility index (Phi) is 5.14. The van der Waals surface area contributed by atoms with E-state index in [0.717, 1.165) is 30.5 Å². The third-order valence-electron chi connectivity index (χ3n) is 4.40. The summed E-state index contributed by atoms with van der Waals surface area (Å²) in [6.45, 7) is 2.46. The second kappa shape index (κ2) is 7.48. The van der Waals surface area contributed by atoms with Crippen molar-refractivity contribution in [1.82, 2.24) is 24.0 Å². The summed E-state index contributed by atoms with van der Waals surface area (Å²) in [7, 11) is 3.12. The van der Waals surface area contributed by atoms with Crippen LogP contribution in [0.4, 0.5) is 0 Å². The third-order valence-corrected chi connectivity index (χ3v) is 4.40. The summed E-state index contributed by atoms with van der Waals surface area (Å²) in [6, 6.07) is 10.4. The number of hydrogen-bond donors (Lipinski definition) is 1. The summed E-state index contributed by atoms with van der Waals surface area (Å²) in [5.41, 5.74) is 1.58. The fraction of sp³-hybridized carbons (Fsp3) is 0.389. The molecule has 0 aliphatic heterocycles. The van der Waals surface area contributed by atoms with E-state index in [1.807, 2.05) is 22.8 Å². The third kappa shape index (κ3) is 3.56. The topological polar surface area (TPSA) is 73.8 Å². The molecule has 3 rings (SSSR count). The Morgan fingerprint density at radius 2 is 1.80 bits per heavy atom. The molecule has 3 aromatic rings. The average Bonchev–Trinajstić information content (AvgIpc) is 3.06. The van der Waals surface area contributed by atoms with Crippen LogP contribution in [0.15, 0.2) is 46.2 Å². The minimum atomic E-state index is -0.356. The SMILES string of the molecule is Cn1c(=O)c2c(ncn2CCCNCCc2ccccc2)n(C)c1=O. The van der Waals surface area contributed by atoms with Crippen molar-refractivity contribution in [3.05, 3.63) is 63.1 Å². The molecule has 0 fully saturated rings. The first-order valence-corrected chi connectivity index (χ1v) is 8.45. The van der Waals surface area contributed by atoms with Crippen molar-refractivity contribution >= 4 is 11.2 Å². The van der Waals surface area contributed by atoms with E-state index < -0.39 is 0 Å². The van der Waals surface area contributed by atoms with Gasteiger partial charge in [0.05, 0.1) is 6.33 Å². The molecule has 0 aliphatic carbocycles. The second-order valence-corrected chi connectivity index (χ2v) is 6.16. The summed E-state index contributed by atoms with van der Waals surface area (Å²) in [5, 5.41) is 3.42. The van der Waals surface area contributed by atoms with E-state index in [1.54, 1.807) is 13.4 Å². The number of aryl methyl sites for hydroxylation is 2. The van der Waals surface area contributed by atoms with Gasteiger partial charge in [0, 0.05) is 20.6 Å². The number of rotatable bonds is 7. The highest BCUT2D eigenvalue weighted by Gasteiger charge is 2.13. The average molecular weight is 341 g/mol. The molecular formula is C18H23N5O2. The molecule has 25 heavy (non-hydrogen) atoms. The number of aromatic nitrogens is 4. The molecule has 0 amide bonds. The Labute approximate surface area is 145 Å². The van der Waals surface area contributed by atoms with Gasteiger partial charge in [-0.3, -0.25) is 13.9 Å². The van der Waals surface area contributed by atoms with E-state index in [1.165, 1.54) is 17.2 Å². The largest absolute Gasteiger partial charge is 0.332 e. The fourth-order valence-corrected chi connectivity index (χ4v) is 2.94. The number of hydrogen-bond acceptors (Lipinski definition) is 4. The number of fused-ring (bicyclic) bond motifs is 1. The van der Waals surface area contributed by atoms with Gasteiger partial charge in [-0.15, -0.1) is 0 Å². The first-order valence-electron chi connectivity index (χ1n) is 8.45. The lowest BCUT2D eigenvalue weighted by atomic mass is 10.1. The maximum Gasteiger partial charge on any atom is 0.332 e. The molecule has 0 atom stereocenters. The van der Waals surface area contributed by atoms with Gasteiger partial charge in [0.1, 0.15) is 0 Å². The first kappa shape index (κ1) is 17.2. The first-order chi connectivity index (χ1) is 12.1.